The Morgan fingerprint density at radius 3 is 2.47 bits per heavy atom. The molecule has 19 heavy (non-hydrogen) atoms. The second kappa shape index (κ2) is 5.77. The molecule has 2 nitrogen and oxygen atoms in total. The number of thiophene rings is 2. The first-order chi connectivity index (χ1) is 9.34. The van der Waals surface area contributed by atoms with Crippen molar-refractivity contribution in [3.8, 4) is 0 Å². The lowest BCUT2D eigenvalue weighted by Gasteiger charge is -1.89. The van der Waals surface area contributed by atoms with Crippen molar-refractivity contribution in [1.29, 1.82) is 0 Å². The normalized spacial score (nSPS) is 10.4. The zero-order valence-corrected chi connectivity index (χ0v) is 13.0. The van der Waals surface area contributed by atoms with Gasteiger partial charge in [-0.1, -0.05) is 0 Å². The molecule has 0 atom stereocenters. The molecule has 0 bridgehead atoms. The molecule has 0 spiro atoms. The maximum atomic E-state index is 4.18. The minimum absolute atomic E-state index is 1.07. The second-order valence-electron chi connectivity index (χ2n) is 3.74. The summed E-state index contributed by atoms with van der Waals surface area (Å²) in [5, 5.41) is 4.10. The zero-order valence-electron chi connectivity index (χ0n) is 9.79. The van der Waals surface area contributed by atoms with Gasteiger partial charge in [0.25, 0.3) is 0 Å². The molecular weight excluding hydrogens is 340 g/mol. The fourth-order valence-electron chi connectivity index (χ4n) is 1.64. The number of aromatic nitrogens is 2. The lowest BCUT2D eigenvalue weighted by molar-refractivity contribution is 1.42. The number of fused-ring (bicyclic) bond motifs is 2. The summed E-state index contributed by atoms with van der Waals surface area (Å²) in [5.74, 6) is 0. The van der Waals surface area contributed by atoms with Crippen LogP contribution in [0.4, 0.5) is 0 Å². The van der Waals surface area contributed by atoms with Gasteiger partial charge in [0.1, 0.15) is 0 Å². The minimum Gasteiger partial charge on any atom is -0.255 e. The van der Waals surface area contributed by atoms with Gasteiger partial charge in [0.05, 0.1) is 20.4 Å². The number of pyridine rings is 2. The van der Waals surface area contributed by atoms with Crippen molar-refractivity contribution in [2.24, 2.45) is 0 Å². The van der Waals surface area contributed by atoms with Crippen LogP contribution in [-0.2, 0) is 0 Å². The SMILES string of the molecule is Brc1ccnc2ccsc12.c1cnc2ccsc2c1. The Balaban J connectivity index is 0.000000117. The van der Waals surface area contributed by atoms with E-state index < -0.39 is 0 Å². The van der Waals surface area contributed by atoms with Gasteiger partial charge in [-0.15, -0.1) is 22.7 Å². The van der Waals surface area contributed by atoms with Crippen LogP contribution in [0.5, 0.6) is 0 Å². The summed E-state index contributed by atoms with van der Waals surface area (Å²) < 4.78 is 3.62. The van der Waals surface area contributed by atoms with Crippen LogP contribution in [0.15, 0.2) is 58.0 Å². The lowest BCUT2D eigenvalue weighted by atomic mass is 10.4. The first-order valence-corrected chi connectivity index (χ1v) is 8.16. The van der Waals surface area contributed by atoms with Crippen LogP contribution in [0.2, 0.25) is 0 Å². The molecule has 0 N–H and O–H groups in total. The third kappa shape index (κ3) is 2.83. The van der Waals surface area contributed by atoms with Crippen molar-refractivity contribution in [3.63, 3.8) is 0 Å². The Morgan fingerprint density at radius 1 is 0.842 bits per heavy atom. The van der Waals surface area contributed by atoms with E-state index in [0.29, 0.717) is 0 Å². The summed E-state index contributed by atoms with van der Waals surface area (Å²) in [7, 11) is 0. The van der Waals surface area contributed by atoms with Crippen molar-refractivity contribution >= 4 is 59.0 Å². The van der Waals surface area contributed by atoms with Crippen LogP contribution in [0.1, 0.15) is 0 Å². The molecule has 4 rings (SSSR count). The summed E-state index contributed by atoms with van der Waals surface area (Å²) in [4.78, 5) is 8.33. The third-order valence-corrected chi connectivity index (χ3v) is 5.25. The topological polar surface area (TPSA) is 25.8 Å². The van der Waals surface area contributed by atoms with E-state index in [0.717, 1.165) is 15.5 Å². The number of nitrogens with zero attached hydrogens (tertiary/aromatic N) is 2. The number of halogens is 1. The van der Waals surface area contributed by atoms with Crippen LogP contribution < -0.4 is 0 Å². The predicted octanol–water partition coefficient (Wildman–Crippen LogP) is 5.36. The fraction of sp³-hybridized carbons (Fsp3) is 0. The zero-order chi connectivity index (χ0) is 13.1. The number of rotatable bonds is 0. The molecule has 0 saturated carbocycles. The maximum Gasteiger partial charge on any atom is 0.0821 e. The first kappa shape index (κ1) is 12.7. The monoisotopic (exact) mass is 348 g/mol. The molecule has 4 heterocycles. The summed E-state index contributed by atoms with van der Waals surface area (Å²) in [6.45, 7) is 0. The van der Waals surface area contributed by atoms with Crippen LogP contribution >= 0.6 is 38.6 Å². The van der Waals surface area contributed by atoms with E-state index >= 15 is 0 Å². The number of hydrogen-bond acceptors (Lipinski definition) is 4. The molecular formula is C14H9BrN2S2. The summed E-state index contributed by atoms with van der Waals surface area (Å²) in [6, 6.07) is 10.0. The largest absolute Gasteiger partial charge is 0.255 e. The maximum absolute atomic E-state index is 4.18. The Labute approximate surface area is 126 Å². The lowest BCUT2D eigenvalue weighted by Crippen LogP contribution is -1.69. The summed E-state index contributed by atoms with van der Waals surface area (Å²) in [6.07, 6.45) is 3.62. The molecule has 94 valence electrons. The fourth-order valence-corrected chi connectivity index (χ4v) is 3.74. The molecule has 0 radical (unpaired) electrons. The molecule has 0 unspecified atom stereocenters. The second-order valence-corrected chi connectivity index (χ2v) is 6.45. The smallest absolute Gasteiger partial charge is 0.0821 e. The van der Waals surface area contributed by atoms with E-state index in [-0.39, 0.29) is 0 Å². The highest BCUT2D eigenvalue weighted by molar-refractivity contribution is 9.10. The van der Waals surface area contributed by atoms with Crippen LogP contribution in [0.3, 0.4) is 0 Å². The van der Waals surface area contributed by atoms with Crippen molar-refractivity contribution in [2.75, 3.05) is 0 Å². The molecule has 0 aliphatic heterocycles. The molecule has 0 aliphatic rings. The standard InChI is InChI=1S/C7H4BrNS.C7H5NS/c8-5-1-3-9-6-2-4-10-7(5)6;1-2-7-6(8-4-1)3-5-9-7/h1-4H;1-5H. The van der Waals surface area contributed by atoms with E-state index in [4.69, 9.17) is 0 Å². The predicted molar refractivity (Wildman–Crippen MR) is 86.9 cm³/mol. The first-order valence-electron chi connectivity index (χ1n) is 5.60. The average Bonchev–Trinajstić information content (AvgIpc) is 3.08. The minimum atomic E-state index is 1.07. The van der Waals surface area contributed by atoms with Gasteiger partial charge in [-0.05, 0) is 57.0 Å². The summed E-state index contributed by atoms with van der Waals surface area (Å²) >= 11 is 6.88. The molecule has 0 fully saturated rings. The van der Waals surface area contributed by atoms with Gasteiger partial charge in [-0.25, -0.2) is 0 Å². The highest BCUT2D eigenvalue weighted by atomic mass is 79.9. The van der Waals surface area contributed by atoms with Crippen LogP contribution in [0, 0.1) is 0 Å². The van der Waals surface area contributed by atoms with Crippen molar-refractivity contribution in [1.82, 2.24) is 9.97 Å². The molecule has 0 saturated heterocycles. The Kier molecular flexibility index (Phi) is 3.87. The molecule has 4 aromatic heterocycles. The van der Waals surface area contributed by atoms with Crippen LogP contribution in [0.25, 0.3) is 20.4 Å². The van der Waals surface area contributed by atoms with Gasteiger partial charge >= 0.3 is 0 Å². The third-order valence-electron chi connectivity index (χ3n) is 2.52. The van der Waals surface area contributed by atoms with E-state index in [9.17, 15) is 0 Å². The van der Waals surface area contributed by atoms with E-state index in [1.165, 1.54) is 9.40 Å². The van der Waals surface area contributed by atoms with Gasteiger partial charge in [-0.3, -0.25) is 9.97 Å². The van der Waals surface area contributed by atoms with Crippen molar-refractivity contribution in [3.05, 3.63) is 58.0 Å². The highest BCUT2D eigenvalue weighted by Crippen LogP contribution is 2.26. The highest BCUT2D eigenvalue weighted by Gasteiger charge is 1.97. The van der Waals surface area contributed by atoms with Crippen LogP contribution in [-0.4, -0.2) is 9.97 Å². The van der Waals surface area contributed by atoms with E-state index in [1.54, 1.807) is 28.9 Å². The number of hydrogen-bond donors (Lipinski definition) is 0. The molecule has 0 amide bonds. The van der Waals surface area contributed by atoms with Crippen molar-refractivity contribution in [2.45, 2.75) is 0 Å². The molecule has 5 heteroatoms. The van der Waals surface area contributed by atoms with E-state index in [1.807, 2.05) is 35.8 Å². The molecule has 0 aliphatic carbocycles. The molecule has 4 aromatic rings. The quantitative estimate of drug-likeness (QED) is 0.427. The molecule has 0 aromatic carbocycles. The van der Waals surface area contributed by atoms with Gasteiger partial charge in [0, 0.05) is 16.9 Å². The average molecular weight is 349 g/mol. The summed E-state index contributed by atoms with van der Waals surface area (Å²) in [5.41, 5.74) is 2.17. The Bertz CT molecular complexity index is 777. The van der Waals surface area contributed by atoms with Gasteiger partial charge in [0.15, 0.2) is 0 Å². The Hall–Kier alpha value is -1.30. The Morgan fingerprint density at radius 2 is 1.63 bits per heavy atom. The van der Waals surface area contributed by atoms with Gasteiger partial charge < -0.3 is 0 Å². The van der Waals surface area contributed by atoms with Crippen molar-refractivity contribution < 1.29 is 0 Å². The van der Waals surface area contributed by atoms with E-state index in [2.05, 4.69) is 37.3 Å². The van der Waals surface area contributed by atoms with Gasteiger partial charge in [0.2, 0.25) is 0 Å². The van der Waals surface area contributed by atoms with Gasteiger partial charge in [-0.2, -0.15) is 0 Å².